The van der Waals surface area contributed by atoms with Crippen LogP contribution in [-0.4, -0.2) is 5.91 Å². The van der Waals surface area contributed by atoms with Crippen LogP contribution in [0.5, 0.6) is 0 Å². The van der Waals surface area contributed by atoms with E-state index in [4.69, 9.17) is 0 Å². The Hall–Kier alpha value is -2.09. The van der Waals surface area contributed by atoms with Gasteiger partial charge in [-0.05, 0) is 36.6 Å². The number of carbonyl (C=O) groups excluding carboxylic acids is 1. The predicted octanol–water partition coefficient (Wildman–Crippen LogP) is 3.86. The minimum atomic E-state index is 0.0672. The molecule has 19 heavy (non-hydrogen) atoms. The van der Waals surface area contributed by atoms with Crippen LogP contribution in [0.3, 0.4) is 0 Å². The standard InChI is InChI=1S/C17H19NO/c1-13-8-7-11-17(14(13)2)18(15(3)19)12-16-9-5-4-6-10-16/h4-11H,12H2,1-3H3. The molecule has 2 aromatic carbocycles. The molecule has 0 N–H and O–H groups in total. The van der Waals surface area contributed by atoms with E-state index in [2.05, 4.69) is 19.9 Å². The van der Waals surface area contributed by atoms with E-state index in [0.717, 1.165) is 16.8 Å². The Morgan fingerprint density at radius 2 is 1.68 bits per heavy atom. The summed E-state index contributed by atoms with van der Waals surface area (Å²) in [4.78, 5) is 13.8. The molecule has 0 aliphatic rings. The maximum absolute atomic E-state index is 11.9. The molecule has 0 spiro atoms. The largest absolute Gasteiger partial charge is 0.308 e. The van der Waals surface area contributed by atoms with Gasteiger partial charge in [-0.2, -0.15) is 0 Å². The summed E-state index contributed by atoms with van der Waals surface area (Å²) in [5.41, 5.74) is 4.50. The van der Waals surface area contributed by atoms with Crippen molar-refractivity contribution in [2.75, 3.05) is 4.90 Å². The van der Waals surface area contributed by atoms with E-state index in [1.807, 2.05) is 47.4 Å². The minimum Gasteiger partial charge on any atom is -0.308 e. The Balaban J connectivity index is 2.36. The van der Waals surface area contributed by atoms with Gasteiger partial charge in [-0.1, -0.05) is 42.5 Å². The minimum absolute atomic E-state index is 0.0672. The van der Waals surface area contributed by atoms with Gasteiger partial charge in [-0.3, -0.25) is 4.79 Å². The zero-order valence-electron chi connectivity index (χ0n) is 11.7. The number of carbonyl (C=O) groups is 1. The van der Waals surface area contributed by atoms with Crippen molar-refractivity contribution in [2.24, 2.45) is 0 Å². The number of hydrogen-bond donors (Lipinski definition) is 0. The molecular weight excluding hydrogens is 234 g/mol. The molecule has 0 aliphatic carbocycles. The van der Waals surface area contributed by atoms with E-state index < -0.39 is 0 Å². The monoisotopic (exact) mass is 253 g/mol. The highest BCUT2D eigenvalue weighted by atomic mass is 16.2. The predicted molar refractivity (Wildman–Crippen MR) is 79.2 cm³/mol. The van der Waals surface area contributed by atoms with E-state index in [-0.39, 0.29) is 5.91 Å². The zero-order chi connectivity index (χ0) is 13.8. The van der Waals surface area contributed by atoms with Gasteiger partial charge in [-0.25, -0.2) is 0 Å². The van der Waals surface area contributed by atoms with Crippen LogP contribution in [0.15, 0.2) is 48.5 Å². The van der Waals surface area contributed by atoms with E-state index in [0.29, 0.717) is 6.54 Å². The lowest BCUT2D eigenvalue weighted by atomic mass is 10.1. The fraction of sp³-hybridized carbons (Fsp3) is 0.235. The summed E-state index contributed by atoms with van der Waals surface area (Å²) < 4.78 is 0. The SMILES string of the molecule is CC(=O)N(Cc1ccccc1)c1cccc(C)c1C. The second kappa shape index (κ2) is 5.70. The van der Waals surface area contributed by atoms with Gasteiger partial charge in [0, 0.05) is 12.6 Å². The van der Waals surface area contributed by atoms with Crippen LogP contribution in [0.1, 0.15) is 23.6 Å². The molecule has 0 unspecified atom stereocenters. The van der Waals surface area contributed by atoms with Crippen molar-refractivity contribution in [3.8, 4) is 0 Å². The first-order valence-electron chi connectivity index (χ1n) is 6.48. The lowest BCUT2D eigenvalue weighted by molar-refractivity contribution is -0.116. The first-order chi connectivity index (χ1) is 9.09. The molecule has 0 atom stereocenters. The Kier molecular flexibility index (Phi) is 4.00. The number of nitrogens with zero attached hydrogens (tertiary/aromatic N) is 1. The van der Waals surface area contributed by atoms with Crippen LogP contribution in [0, 0.1) is 13.8 Å². The maximum atomic E-state index is 11.9. The fourth-order valence-electron chi connectivity index (χ4n) is 2.16. The molecule has 0 saturated heterocycles. The summed E-state index contributed by atoms with van der Waals surface area (Å²) in [7, 11) is 0. The molecule has 0 aromatic heterocycles. The van der Waals surface area contributed by atoms with Crippen molar-refractivity contribution in [1.29, 1.82) is 0 Å². The number of anilines is 1. The second-order valence-corrected chi connectivity index (χ2v) is 4.81. The maximum Gasteiger partial charge on any atom is 0.224 e. The molecule has 2 rings (SSSR count). The number of rotatable bonds is 3. The average Bonchev–Trinajstić information content (AvgIpc) is 2.40. The summed E-state index contributed by atoms with van der Waals surface area (Å²) in [6.45, 7) is 6.36. The van der Waals surface area contributed by atoms with Gasteiger partial charge in [0.25, 0.3) is 0 Å². The fourth-order valence-corrected chi connectivity index (χ4v) is 2.16. The first-order valence-corrected chi connectivity index (χ1v) is 6.48. The summed E-state index contributed by atoms with van der Waals surface area (Å²) in [6.07, 6.45) is 0. The van der Waals surface area contributed by atoms with Crippen LogP contribution in [0.25, 0.3) is 0 Å². The molecule has 0 saturated carbocycles. The van der Waals surface area contributed by atoms with Crippen molar-refractivity contribution < 1.29 is 4.79 Å². The van der Waals surface area contributed by atoms with Crippen molar-refractivity contribution in [3.63, 3.8) is 0 Å². The highest BCUT2D eigenvalue weighted by Crippen LogP contribution is 2.24. The topological polar surface area (TPSA) is 20.3 Å². The molecular formula is C17H19NO. The lowest BCUT2D eigenvalue weighted by Gasteiger charge is -2.24. The Morgan fingerprint density at radius 1 is 1.00 bits per heavy atom. The molecule has 0 bridgehead atoms. The molecule has 0 radical (unpaired) electrons. The third-order valence-electron chi connectivity index (χ3n) is 3.43. The van der Waals surface area contributed by atoms with Crippen LogP contribution < -0.4 is 4.90 Å². The van der Waals surface area contributed by atoms with Gasteiger partial charge in [0.2, 0.25) is 5.91 Å². The summed E-state index contributed by atoms with van der Waals surface area (Å²) in [6, 6.07) is 16.1. The van der Waals surface area contributed by atoms with Crippen LogP contribution in [0.4, 0.5) is 5.69 Å². The molecule has 0 aliphatic heterocycles. The molecule has 0 heterocycles. The van der Waals surface area contributed by atoms with Gasteiger partial charge in [0.1, 0.15) is 0 Å². The second-order valence-electron chi connectivity index (χ2n) is 4.81. The van der Waals surface area contributed by atoms with Crippen molar-refractivity contribution in [3.05, 3.63) is 65.2 Å². The summed E-state index contributed by atoms with van der Waals surface area (Å²) >= 11 is 0. The van der Waals surface area contributed by atoms with Gasteiger partial charge in [0.15, 0.2) is 0 Å². The van der Waals surface area contributed by atoms with Gasteiger partial charge < -0.3 is 4.90 Å². The first kappa shape index (κ1) is 13.3. The molecule has 0 fully saturated rings. The van der Waals surface area contributed by atoms with Crippen molar-refractivity contribution >= 4 is 11.6 Å². The van der Waals surface area contributed by atoms with Crippen LogP contribution >= 0.6 is 0 Å². The molecule has 2 heteroatoms. The van der Waals surface area contributed by atoms with E-state index >= 15 is 0 Å². The number of hydrogen-bond acceptors (Lipinski definition) is 1. The lowest BCUT2D eigenvalue weighted by Crippen LogP contribution is -2.28. The number of benzene rings is 2. The summed E-state index contributed by atoms with van der Waals surface area (Å²) in [5, 5.41) is 0. The Morgan fingerprint density at radius 3 is 2.32 bits per heavy atom. The van der Waals surface area contributed by atoms with Crippen LogP contribution in [-0.2, 0) is 11.3 Å². The molecule has 1 amide bonds. The molecule has 98 valence electrons. The normalized spacial score (nSPS) is 10.3. The summed E-state index contributed by atoms with van der Waals surface area (Å²) in [5.74, 6) is 0.0672. The highest BCUT2D eigenvalue weighted by Gasteiger charge is 2.14. The van der Waals surface area contributed by atoms with Crippen molar-refractivity contribution in [2.45, 2.75) is 27.3 Å². The Labute approximate surface area is 114 Å². The zero-order valence-corrected chi connectivity index (χ0v) is 11.7. The van der Waals surface area contributed by atoms with Crippen molar-refractivity contribution in [1.82, 2.24) is 0 Å². The quantitative estimate of drug-likeness (QED) is 0.813. The number of aryl methyl sites for hydroxylation is 1. The van der Waals surface area contributed by atoms with Gasteiger partial charge in [0.05, 0.1) is 6.54 Å². The van der Waals surface area contributed by atoms with Gasteiger partial charge >= 0.3 is 0 Å². The third kappa shape index (κ3) is 3.02. The average molecular weight is 253 g/mol. The van der Waals surface area contributed by atoms with Gasteiger partial charge in [-0.15, -0.1) is 0 Å². The molecule has 2 nitrogen and oxygen atoms in total. The third-order valence-corrected chi connectivity index (χ3v) is 3.43. The Bertz CT molecular complexity index is 575. The van der Waals surface area contributed by atoms with E-state index in [1.165, 1.54) is 5.56 Å². The molecule has 2 aromatic rings. The van der Waals surface area contributed by atoms with E-state index in [1.54, 1.807) is 6.92 Å². The number of amides is 1. The van der Waals surface area contributed by atoms with Crippen LogP contribution in [0.2, 0.25) is 0 Å². The highest BCUT2D eigenvalue weighted by molar-refractivity contribution is 5.92. The smallest absolute Gasteiger partial charge is 0.224 e. The van der Waals surface area contributed by atoms with E-state index in [9.17, 15) is 4.79 Å².